The van der Waals surface area contributed by atoms with Crippen LogP contribution in [-0.4, -0.2) is 23.7 Å². The highest BCUT2D eigenvalue weighted by atomic mass is 16.5. The molecule has 0 radical (unpaired) electrons. The highest BCUT2D eigenvalue weighted by Gasteiger charge is 2.20. The average Bonchev–Trinajstić information content (AvgIpc) is 2.25. The topological polar surface area (TPSA) is 34.1 Å². The summed E-state index contributed by atoms with van der Waals surface area (Å²) < 4.78 is 5.72. The van der Waals surface area contributed by atoms with Gasteiger partial charge in [-0.05, 0) is 65.7 Å². The highest BCUT2D eigenvalue weighted by Crippen LogP contribution is 2.22. The van der Waals surface area contributed by atoms with Crippen molar-refractivity contribution in [3.8, 4) is 0 Å². The summed E-state index contributed by atoms with van der Waals surface area (Å²) in [6, 6.07) is 2.43. The first kappa shape index (κ1) is 16.1. The summed E-state index contributed by atoms with van der Waals surface area (Å²) in [5.74, 6) is 0. The minimum Gasteiger partial charge on any atom is -0.375 e. The van der Waals surface area contributed by atoms with Crippen LogP contribution in [0.15, 0.2) is 6.07 Å². The smallest absolute Gasteiger partial charge is 0.0750 e. The molecule has 1 unspecified atom stereocenters. The van der Waals surface area contributed by atoms with Crippen LogP contribution in [0.2, 0.25) is 0 Å². The van der Waals surface area contributed by atoms with Gasteiger partial charge in [-0.1, -0.05) is 0 Å². The van der Waals surface area contributed by atoms with Crippen molar-refractivity contribution < 1.29 is 4.74 Å². The molecule has 1 heterocycles. The number of pyridine rings is 1. The summed E-state index contributed by atoms with van der Waals surface area (Å²) in [4.78, 5) is 4.56. The average molecular weight is 264 g/mol. The summed E-state index contributed by atoms with van der Waals surface area (Å²) in [7, 11) is 0. The molecular formula is C16H28N2O. The van der Waals surface area contributed by atoms with Crippen LogP contribution in [0.1, 0.15) is 56.3 Å². The van der Waals surface area contributed by atoms with Crippen molar-refractivity contribution >= 4 is 0 Å². The molecule has 108 valence electrons. The van der Waals surface area contributed by atoms with Crippen LogP contribution in [0.4, 0.5) is 0 Å². The Morgan fingerprint density at radius 2 is 1.95 bits per heavy atom. The van der Waals surface area contributed by atoms with Crippen LogP contribution in [0.5, 0.6) is 0 Å². The Bertz CT molecular complexity index is 404. The molecule has 3 heteroatoms. The first-order chi connectivity index (χ1) is 8.76. The van der Waals surface area contributed by atoms with Crippen molar-refractivity contribution in [1.82, 2.24) is 10.3 Å². The fraction of sp³-hybridized carbons (Fsp3) is 0.688. The van der Waals surface area contributed by atoms with Crippen molar-refractivity contribution in [3.05, 3.63) is 28.6 Å². The van der Waals surface area contributed by atoms with Gasteiger partial charge in [0.05, 0.1) is 5.60 Å². The first-order valence-electron chi connectivity index (χ1n) is 7.09. The lowest BCUT2D eigenvalue weighted by Gasteiger charge is -2.28. The van der Waals surface area contributed by atoms with Crippen molar-refractivity contribution in [1.29, 1.82) is 0 Å². The van der Waals surface area contributed by atoms with Gasteiger partial charge in [0.15, 0.2) is 0 Å². The Kier molecular flexibility index (Phi) is 5.50. The fourth-order valence-electron chi connectivity index (χ4n) is 2.63. The van der Waals surface area contributed by atoms with E-state index in [2.05, 4.69) is 51.0 Å². The Hall–Kier alpha value is -0.930. The molecule has 1 atom stereocenters. The normalized spacial score (nSPS) is 13.6. The van der Waals surface area contributed by atoms with E-state index in [9.17, 15) is 0 Å². The van der Waals surface area contributed by atoms with E-state index in [1.807, 2.05) is 13.8 Å². The number of hydrogen-bond acceptors (Lipinski definition) is 3. The summed E-state index contributed by atoms with van der Waals surface area (Å²) in [5, 5.41) is 3.56. The van der Waals surface area contributed by atoms with Gasteiger partial charge in [-0.2, -0.15) is 0 Å². The summed E-state index contributed by atoms with van der Waals surface area (Å²) in [6.07, 6.45) is 0. The number of aryl methyl sites for hydroxylation is 3. The molecule has 0 amide bonds. The predicted molar refractivity (Wildman–Crippen MR) is 80.6 cm³/mol. The summed E-state index contributed by atoms with van der Waals surface area (Å²) in [5.41, 5.74) is 4.67. The Morgan fingerprint density at radius 1 is 1.32 bits per heavy atom. The maximum atomic E-state index is 5.72. The van der Waals surface area contributed by atoms with Crippen molar-refractivity contribution in [2.24, 2.45) is 0 Å². The highest BCUT2D eigenvalue weighted by molar-refractivity contribution is 5.33. The van der Waals surface area contributed by atoms with Gasteiger partial charge in [-0.3, -0.25) is 4.98 Å². The number of hydrogen-bond donors (Lipinski definition) is 1. The Morgan fingerprint density at radius 3 is 2.47 bits per heavy atom. The lowest BCUT2D eigenvalue weighted by molar-refractivity contribution is -0.0103. The number of rotatable bonds is 6. The monoisotopic (exact) mass is 264 g/mol. The molecule has 0 aromatic carbocycles. The van der Waals surface area contributed by atoms with Gasteiger partial charge in [0.1, 0.15) is 0 Å². The van der Waals surface area contributed by atoms with E-state index in [0.29, 0.717) is 0 Å². The Labute approximate surface area is 117 Å². The standard InChI is InChI=1S/C16H28N2O/c1-8-19-16(6,7)10-17-13(4)15-11(2)9-12(3)18-14(15)5/h9,13,17H,8,10H2,1-7H3. The molecular weight excluding hydrogens is 236 g/mol. The van der Waals surface area contributed by atoms with Crippen LogP contribution in [0.25, 0.3) is 0 Å². The summed E-state index contributed by atoms with van der Waals surface area (Å²) in [6.45, 7) is 16.3. The number of nitrogens with zero attached hydrogens (tertiary/aromatic N) is 1. The molecule has 0 spiro atoms. The second-order valence-corrected chi connectivity index (χ2v) is 5.87. The molecule has 0 aliphatic heterocycles. The predicted octanol–water partition coefficient (Wildman–Crippen LogP) is 3.47. The number of nitrogens with one attached hydrogen (secondary N) is 1. The quantitative estimate of drug-likeness (QED) is 0.854. The Balaban J connectivity index is 2.76. The van der Waals surface area contributed by atoms with Crippen LogP contribution < -0.4 is 5.32 Å². The van der Waals surface area contributed by atoms with Gasteiger partial charge in [-0.25, -0.2) is 0 Å². The van der Waals surface area contributed by atoms with E-state index >= 15 is 0 Å². The lowest BCUT2D eigenvalue weighted by atomic mass is 9.99. The van der Waals surface area contributed by atoms with Crippen molar-refractivity contribution in [2.75, 3.05) is 13.2 Å². The van der Waals surface area contributed by atoms with Gasteiger partial charge >= 0.3 is 0 Å². The maximum Gasteiger partial charge on any atom is 0.0750 e. The second-order valence-electron chi connectivity index (χ2n) is 5.87. The second kappa shape index (κ2) is 6.49. The first-order valence-corrected chi connectivity index (χ1v) is 7.09. The summed E-state index contributed by atoms with van der Waals surface area (Å²) >= 11 is 0. The van der Waals surface area contributed by atoms with Crippen LogP contribution in [0.3, 0.4) is 0 Å². The molecule has 0 bridgehead atoms. The molecule has 0 aliphatic rings. The van der Waals surface area contributed by atoms with E-state index in [0.717, 1.165) is 24.5 Å². The van der Waals surface area contributed by atoms with E-state index in [1.165, 1.54) is 11.1 Å². The molecule has 0 aliphatic carbocycles. The zero-order valence-electron chi connectivity index (χ0n) is 13.4. The third kappa shape index (κ3) is 4.59. The van der Waals surface area contributed by atoms with Gasteiger partial charge in [0.25, 0.3) is 0 Å². The molecule has 1 rings (SSSR count). The molecule has 3 nitrogen and oxygen atoms in total. The van der Waals surface area contributed by atoms with Gasteiger partial charge < -0.3 is 10.1 Å². The van der Waals surface area contributed by atoms with E-state index < -0.39 is 0 Å². The van der Waals surface area contributed by atoms with Crippen LogP contribution in [0, 0.1) is 20.8 Å². The van der Waals surface area contributed by atoms with E-state index in [4.69, 9.17) is 4.74 Å². The molecule has 1 N–H and O–H groups in total. The minimum atomic E-state index is -0.136. The van der Waals surface area contributed by atoms with E-state index in [-0.39, 0.29) is 11.6 Å². The lowest BCUT2D eigenvalue weighted by Crippen LogP contribution is -2.39. The van der Waals surface area contributed by atoms with Crippen molar-refractivity contribution in [2.45, 2.75) is 60.1 Å². The van der Waals surface area contributed by atoms with Gasteiger partial charge in [0, 0.05) is 30.6 Å². The number of aromatic nitrogens is 1. The third-order valence-corrected chi connectivity index (χ3v) is 3.39. The maximum absolute atomic E-state index is 5.72. The molecule has 0 saturated carbocycles. The van der Waals surface area contributed by atoms with Crippen LogP contribution >= 0.6 is 0 Å². The molecule has 19 heavy (non-hydrogen) atoms. The molecule has 1 aromatic rings. The van der Waals surface area contributed by atoms with Gasteiger partial charge in [0.2, 0.25) is 0 Å². The van der Waals surface area contributed by atoms with Crippen molar-refractivity contribution in [3.63, 3.8) is 0 Å². The number of ether oxygens (including phenoxy) is 1. The fourth-order valence-corrected chi connectivity index (χ4v) is 2.63. The largest absolute Gasteiger partial charge is 0.375 e. The molecule has 0 fully saturated rings. The van der Waals surface area contributed by atoms with Gasteiger partial charge in [-0.15, -0.1) is 0 Å². The minimum absolute atomic E-state index is 0.136. The molecule has 0 saturated heterocycles. The zero-order chi connectivity index (χ0) is 14.6. The molecule has 1 aromatic heterocycles. The SMILES string of the molecule is CCOC(C)(C)CNC(C)c1c(C)cc(C)nc1C. The third-order valence-electron chi connectivity index (χ3n) is 3.39. The van der Waals surface area contributed by atoms with Crippen LogP contribution in [-0.2, 0) is 4.74 Å². The zero-order valence-corrected chi connectivity index (χ0v) is 13.4. The van der Waals surface area contributed by atoms with E-state index in [1.54, 1.807) is 0 Å².